The molecule has 0 saturated carbocycles. The van der Waals surface area contributed by atoms with Crippen LogP contribution in [0.3, 0.4) is 0 Å². The molecule has 4 aliphatic heterocycles. The van der Waals surface area contributed by atoms with Crippen LogP contribution in [0.25, 0.3) is 0 Å². The average Bonchev–Trinajstić information content (AvgIpc) is 3.32. The Morgan fingerprint density at radius 1 is 0.688 bits per heavy atom. The summed E-state index contributed by atoms with van der Waals surface area (Å²) in [5.74, 6) is 1.52. The van der Waals surface area contributed by atoms with E-state index in [1.165, 1.54) is 0 Å². The van der Waals surface area contributed by atoms with Gasteiger partial charge in [-0.15, -0.1) is 0 Å². The van der Waals surface area contributed by atoms with Gasteiger partial charge >= 0.3 is 0 Å². The van der Waals surface area contributed by atoms with Gasteiger partial charge in [0.05, 0.1) is 34.8 Å². The predicted octanol–water partition coefficient (Wildman–Crippen LogP) is 6.46. The Morgan fingerprint density at radius 2 is 1.22 bits per heavy atom. The molecule has 0 aliphatic carbocycles. The number of amidine groups is 2. The molecule has 0 saturated heterocycles. The highest BCUT2D eigenvalue weighted by atomic mass is 35.5. The zero-order valence-electron chi connectivity index (χ0n) is 17.2. The van der Waals surface area contributed by atoms with Crippen LogP contribution in [0.4, 0.5) is 22.7 Å². The fraction of sp³-hybridized carbons (Fsp3) is 0.273. The predicted molar refractivity (Wildman–Crippen MR) is 137 cm³/mol. The van der Waals surface area contributed by atoms with E-state index < -0.39 is 0 Å². The zero-order valence-corrected chi connectivity index (χ0v) is 20.3. The minimum atomic E-state index is 0.240. The third-order valence-corrected chi connectivity index (χ3v) is 6.33. The number of fused-ring (bicyclic) bond motifs is 6. The summed E-state index contributed by atoms with van der Waals surface area (Å²) in [6.45, 7) is 5.79. The molecular formula is C22H18Cl4N6. The topological polar surface area (TPSA) is 55.9 Å². The molecular weight excluding hydrogens is 490 g/mol. The lowest BCUT2D eigenvalue weighted by Crippen LogP contribution is -2.34. The molecule has 2 aromatic rings. The van der Waals surface area contributed by atoms with Crippen molar-refractivity contribution in [1.82, 2.24) is 0 Å². The Kier molecular flexibility index (Phi) is 5.66. The van der Waals surface area contributed by atoms with Crippen molar-refractivity contribution in [2.75, 3.05) is 22.9 Å². The second-order valence-corrected chi connectivity index (χ2v) is 9.48. The van der Waals surface area contributed by atoms with Gasteiger partial charge in [-0.2, -0.15) is 0 Å². The molecule has 10 heteroatoms. The highest BCUT2D eigenvalue weighted by Gasteiger charge is 2.32. The molecule has 0 N–H and O–H groups in total. The number of anilines is 2. The van der Waals surface area contributed by atoms with Gasteiger partial charge in [-0.1, -0.05) is 46.4 Å². The fourth-order valence-electron chi connectivity index (χ4n) is 4.03. The maximum absolute atomic E-state index is 6.10. The first-order valence-electron chi connectivity index (χ1n) is 10.1. The summed E-state index contributed by atoms with van der Waals surface area (Å²) in [6, 6.07) is 11.7. The number of hydrogen-bond donors (Lipinski definition) is 0. The van der Waals surface area contributed by atoms with Crippen molar-refractivity contribution < 1.29 is 0 Å². The molecule has 0 amide bonds. The molecule has 0 aromatic heterocycles. The van der Waals surface area contributed by atoms with Crippen LogP contribution in [0, 0.1) is 0 Å². The molecule has 2 unspecified atom stereocenters. The van der Waals surface area contributed by atoms with Crippen LogP contribution in [-0.2, 0) is 0 Å². The van der Waals surface area contributed by atoms with Gasteiger partial charge in [-0.25, -0.2) is 9.98 Å². The van der Waals surface area contributed by atoms with Crippen molar-refractivity contribution in [2.24, 2.45) is 20.0 Å². The molecule has 2 atom stereocenters. The maximum atomic E-state index is 6.10. The average molecular weight is 508 g/mol. The Hall–Kier alpha value is -2.12. The van der Waals surface area contributed by atoms with Gasteiger partial charge in [-0.05, 0) is 50.2 Å². The summed E-state index contributed by atoms with van der Waals surface area (Å²) in [6.07, 6.45) is 0. The first kappa shape index (κ1) is 21.7. The third kappa shape index (κ3) is 3.90. The van der Waals surface area contributed by atoms with Crippen molar-refractivity contribution in [3.63, 3.8) is 0 Å². The fourth-order valence-corrected chi connectivity index (χ4v) is 4.84. The molecule has 0 radical (unpaired) electrons. The lowest BCUT2D eigenvalue weighted by molar-refractivity contribution is 0.795. The summed E-state index contributed by atoms with van der Waals surface area (Å²) >= 11 is 24.1. The second kappa shape index (κ2) is 8.34. The van der Waals surface area contributed by atoms with Gasteiger partial charge in [0.15, 0.2) is 22.0 Å². The lowest BCUT2D eigenvalue weighted by atomic mass is 10.2. The van der Waals surface area contributed by atoms with Crippen LogP contribution in [0.5, 0.6) is 0 Å². The lowest BCUT2D eigenvalue weighted by Gasteiger charge is -2.25. The number of halogens is 4. The molecule has 6 rings (SSSR count). The zero-order chi connectivity index (χ0) is 22.6. The highest BCUT2D eigenvalue weighted by Crippen LogP contribution is 2.39. The van der Waals surface area contributed by atoms with E-state index in [1.54, 1.807) is 0 Å². The van der Waals surface area contributed by atoms with Crippen LogP contribution >= 0.6 is 46.4 Å². The van der Waals surface area contributed by atoms with Crippen LogP contribution in [0.1, 0.15) is 13.8 Å². The highest BCUT2D eigenvalue weighted by molar-refractivity contribution is 6.86. The largest absolute Gasteiger partial charge is 0.320 e. The molecule has 4 aliphatic rings. The Bertz CT molecular complexity index is 1230. The standard InChI is InChI=1S/2C11H9Cl2N3/c1-6-5-16-9-3-2-7(12)4-8(9)15-10(13)11(16)14-6;1-6-5-16-9-4-7(12)2-3-8(9)15-10(13)11(16)14-6/h2*2-4,6H,5H2,1H3. The summed E-state index contributed by atoms with van der Waals surface area (Å²) in [5.41, 5.74) is 3.67. The molecule has 4 heterocycles. The van der Waals surface area contributed by atoms with Crippen molar-refractivity contribution in [1.29, 1.82) is 0 Å². The van der Waals surface area contributed by atoms with Gasteiger partial charge in [0.1, 0.15) is 0 Å². The normalized spacial score (nSPS) is 22.4. The summed E-state index contributed by atoms with van der Waals surface area (Å²) < 4.78 is 0. The first-order valence-corrected chi connectivity index (χ1v) is 11.6. The van der Waals surface area contributed by atoms with E-state index in [2.05, 4.69) is 43.6 Å². The molecule has 32 heavy (non-hydrogen) atoms. The maximum Gasteiger partial charge on any atom is 0.172 e. The summed E-state index contributed by atoms with van der Waals surface area (Å²) in [5, 5.41) is 2.27. The quantitative estimate of drug-likeness (QED) is 0.410. The summed E-state index contributed by atoms with van der Waals surface area (Å²) in [4.78, 5) is 21.7. The Morgan fingerprint density at radius 3 is 1.88 bits per heavy atom. The smallest absolute Gasteiger partial charge is 0.172 e. The Balaban J connectivity index is 0.000000135. The number of rotatable bonds is 0. The molecule has 6 nitrogen and oxygen atoms in total. The van der Waals surface area contributed by atoms with Gasteiger partial charge < -0.3 is 9.80 Å². The van der Waals surface area contributed by atoms with E-state index in [9.17, 15) is 0 Å². The third-order valence-electron chi connectivity index (χ3n) is 5.35. The monoisotopic (exact) mass is 506 g/mol. The van der Waals surface area contributed by atoms with Gasteiger partial charge in [0, 0.05) is 23.1 Å². The number of nitrogens with zero attached hydrogens (tertiary/aromatic N) is 6. The van der Waals surface area contributed by atoms with Gasteiger partial charge in [0.25, 0.3) is 0 Å². The SMILES string of the molecule is CC1CN2C(=N1)C(Cl)=Nc1cc(Cl)ccc12.CC1CN2C(=N1)C(Cl)=Nc1ccc(Cl)cc12. The summed E-state index contributed by atoms with van der Waals surface area (Å²) in [7, 11) is 0. The van der Waals surface area contributed by atoms with E-state index in [0.717, 1.165) is 47.5 Å². The van der Waals surface area contributed by atoms with Gasteiger partial charge in [0.2, 0.25) is 0 Å². The van der Waals surface area contributed by atoms with E-state index >= 15 is 0 Å². The van der Waals surface area contributed by atoms with E-state index in [0.29, 0.717) is 20.4 Å². The minimum Gasteiger partial charge on any atom is -0.320 e. The van der Waals surface area contributed by atoms with E-state index in [4.69, 9.17) is 46.4 Å². The molecule has 0 spiro atoms. The van der Waals surface area contributed by atoms with Crippen LogP contribution in [0.15, 0.2) is 56.4 Å². The van der Waals surface area contributed by atoms with E-state index in [1.807, 2.05) is 36.4 Å². The number of hydrogen-bond acceptors (Lipinski definition) is 6. The Labute approximate surface area is 205 Å². The second-order valence-electron chi connectivity index (χ2n) is 7.90. The van der Waals surface area contributed by atoms with Gasteiger partial charge in [-0.3, -0.25) is 9.98 Å². The van der Waals surface area contributed by atoms with Crippen LogP contribution in [0.2, 0.25) is 10.0 Å². The number of benzene rings is 2. The molecule has 164 valence electrons. The van der Waals surface area contributed by atoms with Crippen molar-refractivity contribution in [3.8, 4) is 0 Å². The van der Waals surface area contributed by atoms with E-state index in [-0.39, 0.29) is 12.1 Å². The molecule has 2 aromatic carbocycles. The van der Waals surface area contributed by atoms with Crippen LogP contribution in [-0.4, -0.2) is 47.2 Å². The minimum absolute atomic E-state index is 0.240. The molecule has 0 bridgehead atoms. The molecule has 0 fully saturated rings. The van der Waals surface area contributed by atoms with Crippen molar-refractivity contribution >= 4 is 91.2 Å². The first-order chi connectivity index (χ1) is 15.3. The van der Waals surface area contributed by atoms with Crippen molar-refractivity contribution in [2.45, 2.75) is 25.9 Å². The van der Waals surface area contributed by atoms with Crippen molar-refractivity contribution in [3.05, 3.63) is 46.4 Å². The van der Waals surface area contributed by atoms with Crippen LogP contribution < -0.4 is 9.80 Å². The number of aliphatic imine (C=N–C) groups is 4.